The first-order chi connectivity index (χ1) is 8.91. The van der Waals surface area contributed by atoms with Crippen molar-refractivity contribution in [1.82, 2.24) is 15.0 Å². The third-order valence-electron chi connectivity index (χ3n) is 2.72. The van der Waals surface area contributed by atoms with Crippen molar-refractivity contribution >= 4 is 17.4 Å². The molecule has 0 saturated heterocycles. The fraction of sp³-hybridized carbons (Fsp3) is 0.357. The Labute approximate surface area is 118 Å². The van der Waals surface area contributed by atoms with Crippen molar-refractivity contribution < 1.29 is 0 Å². The van der Waals surface area contributed by atoms with Gasteiger partial charge in [0.05, 0.1) is 10.7 Å². The Bertz CT molecular complexity index is 590. The number of hydrogen-bond donors (Lipinski definition) is 1. The molecular formula is C14H17ClN4. The van der Waals surface area contributed by atoms with E-state index in [1.807, 2.05) is 13.1 Å². The monoisotopic (exact) mass is 276 g/mol. The van der Waals surface area contributed by atoms with E-state index < -0.39 is 0 Å². The second kappa shape index (κ2) is 5.13. The number of pyridine rings is 1. The van der Waals surface area contributed by atoms with E-state index in [2.05, 4.69) is 41.0 Å². The SMILES string of the molecule is CNc1cc(C(C)(C)C)nc(-c2ncccc2Cl)n1. The van der Waals surface area contributed by atoms with Crippen LogP contribution in [0.2, 0.25) is 5.02 Å². The first kappa shape index (κ1) is 13.7. The topological polar surface area (TPSA) is 50.7 Å². The van der Waals surface area contributed by atoms with E-state index >= 15 is 0 Å². The van der Waals surface area contributed by atoms with E-state index in [0.29, 0.717) is 16.5 Å². The Balaban J connectivity index is 2.61. The summed E-state index contributed by atoms with van der Waals surface area (Å²) in [7, 11) is 1.83. The van der Waals surface area contributed by atoms with Crippen molar-refractivity contribution in [2.45, 2.75) is 26.2 Å². The predicted molar refractivity (Wildman–Crippen MR) is 78.5 cm³/mol. The largest absolute Gasteiger partial charge is 0.373 e. The number of nitrogens with one attached hydrogen (secondary N) is 1. The van der Waals surface area contributed by atoms with Gasteiger partial charge in [-0.25, -0.2) is 9.97 Å². The zero-order valence-electron chi connectivity index (χ0n) is 11.5. The maximum absolute atomic E-state index is 6.16. The summed E-state index contributed by atoms with van der Waals surface area (Å²) in [6.07, 6.45) is 1.69. The number of aromatic nitrogens is 3. The van der Waals surface area contributed by atoms with Gasteiger partial charge in [-0.15, -0.1) is 0 Å². The van der Waals surface area contributed by atoms with Gasteiger partial charge < -0.3 is 5.32 Å². The Hall–Kier alpha value is -1.68. The van der Waals surface area contributed by atoms with E-state index in [9.17, 15) is 0 Å². The molecule has 0 fully saturated rings. The van der Waals surface area contributed by atoms with Crippen molar-refractivity contribution in [2.24, 2.45) is 0 Å². The van der Waals surface area contributed by atoms with Gasteiger partial charge in [-0.1, -0.05) is 32.4 Å². The molecule has 19 heavy (non-hydrogen) atoms. The number of nitrogens with zero attached hydrogens (tertiary/aromatic N) is 3. The molecule has 0 aliphatic heterocycles. The molecule has 2 heterocycles. The van der Waals surface area contributed by atoms with Gasteiger partial charge in [0.15, 0.2) is 5.82 Å². The van der Waals surface area contributed by atoms with Gasteiger partial charge in [0.2, 0.25) is 0 Å². The average Bonchev–Trinajstić information content (AvgIpc) is 2.37. The second-order valence-corrected chi connectivity index (χ2v) is 5.70. The van der Waals surface area contributed by atoms with Crippen LogP contribution in [0.4, 0.5) is 5.82 Å². The fourth-order valence-corrected chi connectivity index (χ4v) is 1.82. The summed E-state index contributed by atoms with van der Waals surface area (Å²) in [6, 6.07) is 5.52. The lowest BCUT2D eigenvalue weighted by molar-refractivity contribution is 0.568. The van der Waals surface area contributed by atoms with Crippen molar-refractivity contribution in [3.63, 3.8) is 0 Å². The van der Waals surface area contributed by atoms with Crippen LogP contribution in [0.1, 0.15) is 26.5 Å². The molecule has 0 amide bonds. The summed E-state index contributed by atoms with van der Waals surface area (Å²) in [5, 5.41) is 3.60. The summed E-state index contributed by atoms with van der Waals surface area (Å²) in [6.45, 7) is 6.33. The highest BCUT2D eigenvalue weighted by atomic mass is 35.5. The van der Waals surface area contributed by atoms with Crippen LogP contribution in [-0.4, -0.2) is 22.0 Å². The van der Waals surface area contributed by atoms with Gasteiger partial charge >= 0.3 is 0 Å². The van der Waals surface area contributed by atoms with Crippen molar-refractivity contribution in [3.8, 4) is 11.5 Å². The average molecular weight is 277 g/mol. The summed E-state index contributed by atoms with van der Waals surface area (Å²) in [5.74, 6) is 1.30. The standard InChI is InChI=1S/C14H17ClN4/c1-14(2,3)10-8-11(16-4)19-13(18-10)12-9(15)6-5-7-17-12/h5-8H,1-4H3,(H,16,18,19). The molecule has 2 aromatic rings. The minimum absolute atomic E-state index is 0.0649. The molecule has 5 heteroatoms. The highest BCUT2D eigenvalue weighted by molar-refractivity contribution is 6.32. The smallest absolute Gasteiger partial charge is 0.181 e. The maximum atomic E-state index is 6.16. The third kappa shape index (κ3) is 3.01. The Kier molecular flexibility index (Phi) is 3.71. The second-order valence-electron chi connectivity index (χ2n) is 5.30. The van der Waals surface area contributed by atoms with Crippen molar-refractivity contribution in [2.75, 3.05) is 12.4 Å². The number of rotatable bonds is 2. The van der Waals surface area contributed by atoms with Crippen LogP contribution < -0.4 is 5.32 Å². The molecule has 0 unspecified atom stereocenters. The van der Waals surface area contributed by atoms with E-state index in [4.69, 9.17) is 11.6 Å². The van der Waals surface area contributed by atoms with Gasteiger partial charge in [0.25, 0.3) is 0 Å². The molecule has 2 aromatic heterocycles. The van der Waals surface area contributed by atoms with Crippen LogP contribution in [0.3, 0.4) is 0 Å². The van der Waals surface area contributed by atoms with Gasteiger partial charge in [0, 0.05) is 24.7 Å². The molecule has 100 valence electrons. The molecule has 0 spiro atoms. The first-order valence-corrected chi connectivity index (χ1v) is 6.48. The van der Waals surface area contributed by atoms with Gasteiger partial charge in [-0.3, -0.25) is 4.98 Å². The van der Waals surface area contributed by atoms with Crippen molar-refractivity contribution in [3.05, 3.63) is 35.1 Å². The molecule has 0 atom stereocenters. The van der Waals surface area contributed by atoms with E-state index in [1.165, 1.54) is 0 Å². The minimum atomic E-state index is -0.0649. The molecule has 0 aliphatic rings. The Morgan fingerprint density at radius 3 is 2.53 bits per heavy atom. The van der Waals surface area contributed by atoms with E-state index in [-0.39, 0.29) is 5.41 Å². The number of hydrogen-bond acceptors (Lipinski definition) is 4. The van der Waals surface area contributed by atoms with Gasteiger partial charge in [0.1, 0.15) is 11.5 Å². The molecule has 2 rings (SSSR count). The summed E-state index contributed by atoms with van der Waals surface area (Å²) < 4.78 is 0. The molecule has 0 aromatic carbocycles. The van der Waals surface area contributed by atoms with Crippen LogP contribution >= 0.6 is 11.6 Å². The quantitative estimate of drug-likeness (QED) is 0.912. The van der Waals surface area contributed by atoms with E-state index in [1.54, 1.807) is 18.3 Å². The molecule has 0 radical (unpaired) electrons. The molecule has 0 saturated carbocycles. The van der Waals surface area contributed by atoms with Crippen LogP contribution in [0.15, 0.2) is 24.4 Å². The lowest BCUT2D eigenvalue weighted by Gasteiger charge is -2.19. The fourth-order valence-electron chi connectivity index (χ4n) is 1.62. The summed E-state index contributed by atoms with van der Waals surface area (Å²) in [5.41, 5.74) is 1.49. The highest BCUT2D eigenvalue weighted by Gasteiger charge is 2.19. The Morgan fingerprint density at radius 2 is 1.95 bits per heavy atom. The first-order valence-electron chi connectivity index (χ1n) is 6.10. The summed E-state index contributed by atoms with van der Waals surface area (Å²) in [4.78, 5) is 13.3. The highest BCUT2D eigenvalue weighted by Crippen LogP contribution is 2.27. The zero-order valence-corrected chi connectivity index (χ0v) is 12.3. The normalized spacial score (nSPS) is 11.4. The molecule has 0 bridgehead atoms. The lowest BCUT2D eigenvalue weighted by atomic mass is 9.92. The van der Waals surface area contributed by atoms with Crippen molar-refractivity contribution in [1.29, 1.82) is 0 Å². The van der Waals surface area contributed by atoms with Gasteiger partial charge in [-0.05, 0) is 12.1 Å². The molecule has 1 N–H and O–H groups in total. The number of halogens is 1. The molecule has 4 nitrogen and oxygen atoms in total. The van der Waals surface area contributed by atoms with Crippen LogP contribution in [0.25, 0.3) is 11.5 Å². The van der Waals surface area contributed by atoms with Crippen LogP contribution in [0.5, 0.6) is 0 Å². The van der Waals surface area contributed by atoms with Crippen LogP contribution in [0, 0.1) is 0 Å². The molecule has 0 aliphatic carbocycles. The van der Waals surface area contributed by atoms with E-state index in [0.717, 1.165) is 11.5 Å². The third-order valence-corrected chi connectivity index (χ3v) is 3.03. The Morgan fingerprint density at radius 1 is 1.21 bits per heavy atom. The minimum Gasteiger partial charge on any atom is -0.373 e. The van der Waals surface area contributed by atoms with Crippen LogP contribution in [-0.2, 0) is 5.41 Å². The maximum Gasteiger partial charge on any atom is 0.181 e. The number of anilines is 1. The lowest BCUT2D eigenvalue weighted by Crippen LogP contribution is -2.15. The zero-order chi connectivity index (χ0) is 14.0. The van der Waals surface area contributed by atoms with Gasteiger partial charge in [-0.2, -0.15) is 0 Å². The molecular weight excluding hydrogens is 260 g/mol. The summed E-state index contributed by atoms with van der Waals surface area (Å²) >= 11 is 6.16. The predicted octanol–water partition coefficient (Wildman–Crippen LogP) is 3.53.